The van der Waals surface area contributed by atoms with Crippen LogP contribution >= 0.6 is 0 Å². The Kier molecular flexibility index (Phi) is 6.97. The van der Waals surface area contributed by atoms with Gasteiger partial charge in [-0.1, -0.05) is 34.6 Å². The Labute approximate surface area is 155 Å². The van der Waals surface area contributed by atoms with Crippen molar-refractivity contribution in [2.45, 2.75) is 123 Å². The van der Waals surface area contributed by atoms with Gasteiger partial charge in [0.05, 0.1) is 23.9 Å². The van der Waals surface area contributed by atoms with Crippen LogP contribution in [0.2, 0.25) is 0 Å². The zero-order valence-corrected chi connectivity index (χ0v) is 17.5. The van der Waals surface area contributed by atoms with E-state index in [1.807, 2.05) is 0 Å². The summed E-state index contributed by atoms with van der Waals surface area (Å²) in [4.78, 5) is 0. The quantitative estimate of drug-likeness (QED) is 0.794. The molecule has 0 aliphatic carbocycles. The van der Waals surface area contributed by atoms with Crippen LogP contribution in [0.4, 0.5) is 0 Å². The second-order valence-corrected chi connectivity index (χ2v) is 9.15. The molecule has 148 valence electrons. The highest BCUT2D eigenvalue weighted by Crippen LogP contribution is 2.37. The first-order valence-corrected chi connectivity index (χ1v) is 10.5. The van der Waals surface area contributed by atoms with E-state index in [9.17, 15) is 5.11 Å². The van der Waals surface area contributed by atoms with Crippen molar-refractivity contribution in [1.29, 1.82) is 0 Å². The molecule has 2 bridgehead atoms. The SMILES string of the molecule is CCC1OC2OC(C)(CC)CC(C)CCC(C)(CC)NC1C(O)C2C. The van der Waals surface area contributed by atoms with Gasteiger partial charge in [0, 0.05) is 11.5 Å². The normalized spacial score (nSPS) is 49.4. The predicted molar refractivity (Wildman–Crippen MR) is 103 cm³/mol. The standard InChI is InChI=1S/C21H41NO3/c1-8-16-17-18(23)15(5)19(24-16)25-21(7,10-3)13-14(4)11-12-20(6,9-2)22-17/h14-19,22-23H,8-13H2,1-7H3. The Morgan fingerprint density at radius 2 is 1.80 bits per heavy atom. The van der Waals surface area contributed by atoms with Crippen LogP contribution in [-0.4, -0.2) is 40.8 Å². The number of hydrogen-bond donors (Lipinski definition) is 2. The monoisotopic (exact) mass is 355 g/mol. The number of nitrogens with one attached hydrogen (secondary N) is 1. The fraction of sp³-hybridized carbons (Fsp3) is 1.00. The van der Waals surface area contributed by atoms with Crippen LogP contribution in [0.25, 0.3) is 0 Å². The van der Waals surface area contributed by atoms with Gasteiger partial charge in [0.2, 0.25) is 0 Å². The van der Waals surface area contributed by atoms with Gasteiger partial charge in [0.1, 0.15) is 0 Å². The maximum atomic E-state index is 11.1. The van der Waals surface area contributed by atoms with E-state index >= 15 is 0 Å². The van der Waals surface area contributed by atoms with Crippen molar-refractivity contribution >= 4 is 0 Å². The zero-order valence-electron chi connectivity index (χ0n) is 17.5. The topological polar surface area (TPSA) is 50.7 Å². The molecule has 3 rings (SSSR count). The first-order valence-electron chi connectivity index (χ1n) is 10.5. The molecular formula is C21H41NO3. The Bertz CT molecular complexity index is 429. The minimum Gasteiger partial charge on any atom is -0.391 e. The van der Waals surface area contributed by atoms with Crippen LogP contribution < -0.4 is 5.32 Å². The molecule has 3 aliphatic heterocycles. The highest BCUT2D eigenvalue weighted by molar-refractivity contribution is 4.98. The molecule has 4 heteroatoms. The van der Waals surface area contributed by atoms with Gasteiger partial charge in [0.25, 0.3) is 0 Å². The summed E-state index contributed by atoms with van der Waals surface area (Å²) in [7, 11) is 0. The van der Waals surface area contributed by atoms with Crippen LogP contribution in [0.15, 0.2) is 0 Å². The summed E-state index contributed by atoms with van der Waals surface area (Å²) in [6.07, 6.45) is 5.42. The number of aliphatic hydroxyl groups is 1. The third-order valence-electron chi connectivity index (χ3n) is 6.86. The largest absolute Gasteiger partial charge is 0.391 e. The molecule has 0 aromatic heterocycles. The molecule has 4 nitrogen and oxygen atoms in total. The van der Waals surface area contributed by atoms with Crippen LogP contribution in [0.3, 0.4) is 0 Å². The molecule has 2 N–H and O–H groups in total. The Morgan fingerprint density at radius 3 is 2.36 bits per heavy atom. The lowest BCUT2D eigenvalue weighted by Gasteiger charge is -2.50. The molecule has 0 radical (unpaired) electrons. The highest BCUT2D eigenvalue weighted by atomic mass is 16.7. The van der Waals surface area contributed by atoms with Crippen LogP contribution in [0.1, 0.15) is 87.0 Å². The first-order chi connectivity index (χ1) is 11.7. The fourth-order valence-corrected chi connectivity index (χ4v) is 4.47. The smallest absolute Gasteiger partial charge is 0.163 e. The third-order valence-corrected chi connectivity index (χ3v) is 6.86. The number of ether oxygens (including phenoxy) is 2. The summed E-state index contributed by atoms with van der Waals surface area (Å²) in [6.45, 7) is 15.5. The molecule has 8 unspecified atom stereocenters. The molecular weight excluding hydrogens is 314 g/mol. The second-order valence-electron chi connectivity index (χ2n) is 9.15. The van der Waals surface area contributed by atoms with Gasteiger partial charge in [0.15, 0.2) is 6.29 Å². The number of fused-ring (bicyclic) bond motifs is 9. The predicted octanol–water partition coefficient (Wildman–Crippen LogP) is 4.25. The van der Waals surface area contributed by atoms with E-state index in [1.54, 1.807) is 0 Å². The van der Waals surface area contributed by atoms with Gasteiger partial charge >= 0.3 is 0 Å². The van der Waals surface area contributed by atoms with Gasteiger partial charge in [-0.2, -0.15) is 0 Å². The van der Waals surface area contributed by atoms with Crippen molar-refractivity contribution < 1.29 is 14.6 Å². The fourth-order valence-electron chi connectivity index (χ4n) is 4.47. The van der Waals surface area contributed by atoms with E-state index in [-0.39, 0.29) is 35.5 Å². The summed E-state index contributed by atoms with van der Waals surface area (Å²) >= 11 is 0. The molecule has 3 heterocycles. The van der Waals surface area contributed by atoms with Crippen molar-refractivity contribution in [3.8, 4) is 0 Å². The first kappa shape index (κ1) is 21.1. The molecule has 0 spiro atoms. The van der Waals surface area contributed by atoms with E-state index in [1.165, 1.54) is 6.42 Å². The summed E-state index contributed by atoms with van der Waals surface area (Å²) < 4.78 is 12.9. The lowest BCUT2D eigenvalue weighted by molar-refractivity contribution is -0.293. The van der Waals surface area contributed by atoms with Crippen LogP contribution in [0, 0.1) is 11.8 Å². The third kappa shape index (κ3) is 4.77. The lowest BCUT2D eigenvalue weighted by atomic mass is 9.80. The average Bonchev–Trinajstić information content (AvgIpc) is 2.59. The minimum atomic E-state index is -0.451. The minimum absolute atomic E-state index is 0.0139. The maximum Gasteiger partial charge on any atom is 0.163 e. The molecule has 25 heavy (non-hydrogen) atoms. The lowest BCUT2D eigenvalue weighted by Crippen LogP contribution is -2.65. The van der Waals surface area contributed by atoms with Crippen LogP contribution in [0.5, 0.6) is 0 Å². The number of rotatable bonds is 3. The van der Waals surface area contributed by atoms with Crippen molar-refractivity contribution in [3.63, 3.8) is 0 Å². The maximum absolute atomic E-state index is 11.1. The van der Waals surface area contributed by atoms with E-state index < -0.39 is 6.10 Å². The number of aliphatic hydroxyl groups excluding tert-OH is 1. The van der Waals surface area contributed by atoms with E-state index in [2.05, 4.69) is 53.8 Å². The van der Waals surface area contributed by atoms with Crippen LogP contribution in [-0.2, 0) is 9.47 Å². The number of hydrogen-bond acceptors (Lipinski definition) is 4. The second kappa shape index (κ2) is 8.24. The molecule has 0 aromatic rings. The Hall–Kier alpha value is -0.160. The van der Waals surface area contributed by atoms with Gasteiger partial charge in [-0.15, -0.1) is 0 Å². The highest BCUT2D eigenvalue weighted by Gasteiger charge is 2.47. The summed E-state index contributed by atoms with van der Waals surface area (Å²) in [5, 5.41) is 14.8. The van der Waals surface area contributed by atoms with Gasteiger partial charge in [-0.3, -0.25) is 0 Å². The molecule has 0 amide bonds. The van der Waals surface area contributed by atoms with E-state index in [0.29, 0.717) is 5.92 Å². The van der Waals surface area contributed by atoms with Crippen molar-refractivity contribution in [2.24, 2.45) is 11.8 Å². The van der Waals surface area contributed by atoms with Gasteiger partial charge < -0.3 is 19.9 Å². The van der Waals surface area contributed by atoms with Gasteiger partial charge in [-0.25, -0.2) is 0 Å². The summed E-state index contributed by atoms with van der Waals surface area (Å²) in [6, 6.07) is -0.0348. The molecule has 0 aromatic carbocycles. The zero-order chi connectivity index (χ0) is 18.8. The summed E-state index contributed by atoms with van der Waals surface area (Å²) in [5.41, 5.74) is -0.162. The molecule has 3 aliphatic rings. The Balaban J connectivity index is 2.37. The Morgan fingerprint density at radius 1 is 1.12 bits per heavy atom. The summed E-state index contributed by atoms with van der Waals surface area (Å²) in [5.74, 6) is 0.569. The average molecular weight is 356 g/mol. The van der Waals surface area contributed by atoms with Gasteiger partial charge in [-0.05, 0) is 58.3 Å². The van der Waals surface area contributed by atoms with Crippen molar-refractivity contribution in [3.05, 3.63) is 0 Å². The molecule has 8 atom stereocenters. The van der Waals surface area contributed by atoms with Crippen molar-refractivity contribution in [1.82, 2.24) is 5.32 Å². The molecule has 3 saturated heterocycles. The molecule has 3 fully saturated rings. The van der Waals surface area contributed by atoms with Crippen molar-refractivity contribution in [2.75, 3.05) is 0 Å². The van der Waals surface area contributed by atoms with E-state index in [4.69, 9.17) is 9.47 Å². The van der Waals surface area contributed by atoms with E-state index in [0.717, 1.165) is 32.1 Å². The molecule has 0 saturated carbocycles.